The Morgan fingerprint density at radius 2 is 2.06 bits per heavy atom. The number of aromatic nitrogens is 3. The third kappa shape index (κ3) is 4.96. The number of rotatable bonds is 8. The molecule has 0 radical (unpaired) electrons. The molecule has 1 aliphatic heterocycles. The summed E-state index contributed by atoms with van der Waals surface area (Å²) >= 11 is 0. The predicted octanol–water partition coefficient (Wildman–Crippen LogP) is 5.56. The zero-order valence-electron chi connectivity index (χ0n) is 19.5. The van der Waals surface area contributed by atoms with Gasteiger partial charge in [0.15, 0.2) is 0 Å². The molecule has 4 aromatic rings. The highest BCUT2D eigenvalue weighted by molar-refractivity contribution is 5.94. The molecule has 2 aromatic heterocycles. The van der Waals surface area contributed by atoms with Gasteiger partial charge in [0, 0.05) is 18.5 Å². The molecule has 8 heteroatoms. The number of ether oxygens (including phenoxy) is 1. The first-order valence-electron chi connectivity index (χ1n) is 11.9. The van der Waals surface area contributed by atoms with Crippen LogP contribution in [0.3, 0.4) is 0 Å². The molecular weight excluding hydrogens is 447 g/mol. The van der Waals surface area contributed by atoms with E-state index in [9.17, 15) is 9.18 Å². The molecular formula is C27H27FN4O3. The van der Waals surface area contributed by atoms with Crippen molar-refractivity contribution < 1.29 is 18.3 Å². The van der Waals surface area contributed by atoms with Crippen LogP contribution >= 0.6 is 0 Å². The van der Waals surface area contributed by atoms with Crippen LogP contribution in [0.4, 0.5) is 4.39 Å². The summed E-state index contributed by atoms with van der Waals surface area (Å²) in [6, 6.07) is 15.5. The fourth-order valence-electron chi connectivity index (χ4n) is 4.37. The Bertz CT molecular complexity index is 1300. The number of aromatic amines is 1. The first-order valence-corrected chi connectivity index (χ1v) is 11.9. The Balaban J connectivity index is 1.31. The van der Waals surface area contributed by atoms with Crippen molar-refractivity contribution in [3.8, 4) is 17.0 Å². The van der Waals surface area contributed by atoms with Crippen molar-refractivity contribution in [1.29, 1.82) is 0 Å². The van der Waals surface area contributed by atoms with Crippen LogP contribution in [0, 0.1) is 5.82 Å². The number of oxazole rings is 1. The van der Waals surface area contributed by atoms with Crippen molar-refractivity contribution in [3.63, 3.8) is 0 Å². The number of carbonyl (C=O) groups is 1. The topological polar surface area (TPSA) is 84.2 Å². The molecule has 1 fully saturated rings. The quantitative estimate of drug-likeness (QED) is 0.361. The van der Waals surface area contributed by atoms with Crippen molar-refractivity contribution in [2.24, 2.45) is 0 Å². The second kappa shape index (κ2) is 10.1. The van der Waals surface area contributed by atoms with Crippen molar-refractivity contribution in [2.45, 2.75) is 38.6 Å². The van der Waals surface area contributed by atoms with Gasteiger partial charge in [-0.15, -0.1) is 0 Å². The van der Waals surface area contributed by atoms with Crippen LogP contribution in [0.5, 0.6) is 5.75 Å². The van der Waals surface area contributed by atoms with E-state index in [1.807, 2.05) is 24.3 Å². The molecule has 5 rings (SSSR count). The van der Waals surface area contributed by atoms with E-state index in [0.717, 1.165) is 36.1 Å². The van der Waals surface area contributed by atoms with Crippen molar-refractivity contribution in [2.75, 3.05) is 13.2 Å². The Morgan fingerprint density at radius 3 is 2.89 bits per heavy atom. The zero-order valence-corrected chi connectivity index (χ0v) is 19.5. The fourth-order valence-corrected chi connectivity index (χ4v) is 4.37. The summed E-state index contributed by atoms with van der Waals surface area (Å²) in [4.78, 5) is 19.6. The minimum atomic E-state index is -0.272. The van der Waals surface area contributed by atoms with Gasteiger partial charge < -0.3 is 14.1 Å². The van der Waals surface area contributed by atoms with Gasteiger partial charge in [0.25, 0.3) is 5.91 Å². The number of hydrogen-bond donors (Lipinski definition) is 1. The number of likely N-dealkylation sites (tertiary alicyclic amines) is 1. The number of halogens is 1. The molecule has 1 aliphatic rings. The van der Waals surface area contributed by atoms with E-state index >= 15 is 0 Å². The summed E-state index contributed by atoms with van der Waals surface area (Å²) in [5.41, 5.74) is 2.85. The van der Waals surface area contributed by atoms with E-state index in [2.05, 4.69) is 22.1 Å². The minimum absolute atomic E-state index is 0.142. The largest absolute Gasteiger partial charge is 0.493 e. The molecule has 0 bridgehead atoms. The highest BCUT2D eigenvalue weighted by Gasteiger charge is 2.34. The van der Waals surface area contributed by atoms with E-state index < -0.39 is 0 Å². The number of para-hydroxylation sites is 1. The second-order valence-corrected chi connectivity index (χ2v) is 8.64. The number of nitrogens with zero attached hydrogens (tertiary/aromatic N) is 3. The summed E-state index contributed by atoms with van der Waals surface area (Å²) in [7, 11) is 0. The van der Waals surface area contributed by atoms with Gasteiger partial charge in [0.1, 0.15) is 29.1 Å². The van der Waals surface area contributed by atoms with Gasteiger partial charge in [-0.25, -0.2) is 9.37 Å². The number of carbonyl (C=O) groups excluding carboxylic acids is 1. The van der Waals surface area contributed by atoms with Gasteiger partial charge in [-0.1, -0.05) is 31.2 Å². The number of benzene rings is 2. The van der Waals surface area contributed by atoms with Gasteiger partial charge in [-0.2, -0.15) is 5.10 Å². The molecule has 1 amide bonds. The lowest BCUT2D eigenvalue weighted by molar-refractivity contribution is 0.0708. The predicted molar refractivity (Wildman–Crippen MR) is 129 cm³/mol. The first kappa shape index (κ1) is 22.8. The van der Waals surface area contributed by atoms with E-state index in [4.69, 9.17) is 9.15 Å². The lowest BCUT2D eigenvalue weighted by Gasteiger charge is -2.21. The molecule has 7 nitrogen and oxygen atoms in total. The summed E-state index contributed by atoms with van der Waals surface area (Å²) in [6.45, 7) is 3.28. The van der Waals surface area contributed by atoms with Gasteiger partial charge in [-0.3, -0.25) is 9.89 Å². The molecule has 0 spiro atoms. The van der Waals surface area contributed by atoms with E-state index in [1.54, 1.807) is 29.3 Å². The summed E-state index contributed by atoms with van der Waals surface area (Å²) in [5, 5.41) is 7.28. The number of H-pyrrole nitrogens is 1. The van der Waals surface area contributed by atoms with Crippen LogP contribution in [0.2, 0.25) is 0 Å². The standard InChI is InChI=1S/C27H27FN4O3/c1-2-14-34-25-8-4-3-6-21(25)22-16-23(31-30-22)27(33)32-13-5-7-24(32)26-29-17-20(35-26)15-18-9-11-19(28)12-10-18/h3-4,6,8-12,16-17,24H,2,5,7,13-15H2,1H3,(H,30,31)/t24-/m0/s1. The van der Waals surface area contributed by atoms with Crippen LogP contribution in [-0.2, 0) is 6.42 Å². The summed E-state index contributed by atoms with van der Waals surface area (Å²) in [6.07, 6.45) is 4.73. The Hall–Kier alpha value is -3.94. The van der Waals surface area contributed by atoms with Crippen molar-refractivity contribution in [1.82, 2.24) is 20.1 Å². The minimum Gasteiger partial charge on any atom is -0.493 e. The molecule has 180 valence electrons. The molecule has 35 heavy (non-hydrogen) atoms. The molecule has 1 saturated heterocycles. The fraction of sp³-hybridized carbons (Fsp3) is 0.296. The third-order valence-electron chi connectivity index (χ3n) is 6.09. The molecule has 0 unspecified atom stereocenters. The van der Waals surface area contributed by atoms with Gasteiger partial charge in [-0.05, 0) is 55.2 Å². The van der Waals surface area contributed by atoms with Gasteiger partial charge in [0.05, 0.1) is 18.5 Å². The van der Waals surface area contributed by atoms with Crippen LogP contribution in [0.25, 0.3) is 11.3 Å². The summed E-state index contributed by atoms with van der Waals surface area (Å²) < 4.78 is 25.0. The number of nitrogens with one attached hydrogen (secondary N) is 1. The highest BCUT2D eigenvalue weighted by Crippen LogP contribution is 2.34. The second-order valence-electron chi connectivity index (χ2n) is 8.64. The number of amides is 1. The first-order chi connectivity index (χ1) is 17.1. The highest BCUT2D eigenvalue weighted by atomic mass is 19.1. The zero-order chi connectivity index (χ0) is 24.2. The van der Waals surface area contributed by atoms with E-state index in [-0.39, 0.29) is 17.8 Å². The van der Waals surface area contributed by atoms with Crippen LogP contribution in [0.15, 0.2) is 65.2 Å². The van der Waals surface area contributed by atoms with Crippen LogP contribution < -0.4 is 4.74 Å². The Morgan fingerprint density at radius 1 is 1.23 bits per heavy atom. The van der Waals surface area contributed by atoms with Gasteiger partial charge in [0.2, 0.25) is 5.89 Å². The maximum atomic E-state index is 13.4. The third-order valence-corrected chi connectivity index (χ3v) is 6.09. The lowest BCUT2D eigenvalue weighted by atomic mass is 10.1. The smallest absolute Gasteiger partial charge is 0.272 e. The van der Waals surface area contributed by atoms with Crippen molar-refractivity contribution in [3.05, 3.63) is 89.5 Å². The normalized spacial score (nSPS) is 15.5. The maximum absolute atomic E-state index is 13.4. The molecule has 0 aliphatic carbocycles. The Labute approximate surface area is 202 Å². The molecule has 2 aromatic carbocycles. The average molecular weight is 475 g/mol. The van der Waals surface area contributed by atoms with Gasteiger partial charge >= 0.3 is 0 Å². The summed E-state index contributed by atoms with van der Waals surface area (Å²) in [5.74, 6) is 1.53. The Kier molecular flexibility index (Phi) is 6.61. The molecule has 3 heterocycles. The molecule has 1 N–H and O–H groups in total. The van der Waals surface area contributed by atoms with E-state index in [1.165, 1.54) is 12.1 Å². The maximum Gasteiger partial charge on any atom is 0.272 e. The number of hydrogen-bond acceptors (Lipinski definition) is 5. The lowest BCUT2D eigenvalue weighted by Crippen LogP contribution is -2.31. The SMILES string of the molecule is CCCOc1ccccc1-c1cc(C(=O)N2CCC[C@H]2c2ncc(Cc3ccc(F)cc3)o2)[nH]n1. The molecule has 1 atom stereocenters. The average Bonchev–Trinajstić information content (AvgIpc) is 3.64. The van der Waals surface area contributed by atoms with Crippen LogP contribution in [0.1, 0.15) is 59.9 Å². The monoisotopic (exact) mass is 474 g/mol. The van der Waals surface area contributed by atoms with Crippen molar-refractivity contribution >= 4 is 5.91 Å². The van der Waals surface area contributed by atoms with E-state index in [0.29, 0.717) is 42.6 Å². The molecule has 0 saturated carbocycles. The van der Waals surface area contributed by atoms with Crippen LogP contribution in [-0.4, -0.2) is 39.1 Å².